The van der Waals surface area contributed by atoms with E-state index in [-0.39, 0.29) is 11.8 Å². The van der Waals surface area contributed by atoms with Crippen LogP contribution in [0.1, 0.15) is 34.3 Å². The zero-order chi connectivity index (χ0) is 22.1. The molecule has 5 rings (SSSR count). The Kier molecular flexibility index (Phi) is 5.77. The summed E-state index contributed by atoms with van der Waals surface area (Å²) in [5.74, 6) is -0.0966. The van der Waals surface area contributed by atoms with Crippen molar-refractivity contribution >= 4 is 46.9 Å². The topological polar surface area (TPSA) is 49.4 Å². The maximum absolute atomic E-state index is 13.4. The van der Waals surface area contributed by atoms with Gasteiger partial charge in [-0.25, -0.2) is 0 Å². The Labute approximate surface area is 196 Å². The molecule has 1 aliphatic heterocycles. The Balaban J connectivity index is 1.42. The third kappa shape index (κ3) is 4.59. The molecule has 160 valence electrons. The first kappa shape index (κ1) is 20.9. The number of thioether (sulfide) groups is 1. The summed E-state index contributed by atoms with van der Waals surface area (Å²) in [5, 5.41) is 3.64. The van der Waals surface area contributed by atoms with Crippen LogP contribution in [0.15, 0.2) is 82.6 Å². The van der Waals surface area contributed by atoms with Crippen molar-refractivity contribution in [1.29, 1.82) is 0 Å². The molecule has 0 radical (unpaired) electrons. The summed E-state index contributed by atoms with van der Waals surface area (Å²) in [5.41, 5.74) is 3.38. The predicted molar refractivity (Wildman–Crippen MR) is 130 cm³/mol. The molecule has 0 aromatic heterocycles. The minimum atomic E-state index is -0.0516. The van der Waals surface area contributed by atoms with Crippen LogP contribution in [0.4, 0.5) is 5.69 Å². The molecule has 1 saturated carbocycles. The fourth-order valence-corrected chi connectivity index (χ4v) is 4.89. The van der Waals surface area contributed by atoms with Crippen LogP contribution in [0.3, 0.4) is 0 Å². The van der Waals surface area contributed by atoms with E-state index in [2.05, 4.69) is 5.32 Å². The average molecular weight is 461 g/mol. The van der Waals surface area contributed by atoms with Gasteiger partial charge < -0.3 is 10.2 Å². The third-order valence-electron chi connectivity index (χ3n) is 5.44. The molecule has 2 aliphatic rings. The fraction of sp³-hybridized carbons (Fsp3) is 0.154. The van der Waals surface area contributed by atoms with E-state index in [9.17, 15) is 9.59 Å². The first-order chi connectivity index (χ1) is 15.6. The van der Waals surface area contributed by atoms with Crippen LogP contribution in [0.2, 0.25) is 5.02 Å². The molecule has 1 heterocycles. The lowest BCUT2D eigenvalue weighted by molar-refractivity contribution is -0.114. The highest BCUT2D eigenvalue weighted by Gasteiger charge is 2.29. The Hall–Kier alpha value is -3.02. The number of carbonyl (C=O) groups is 2. The van der Waals surface area contributed by atoms with Crippen LogP contribution in [0.25, 0.3) is 6.08 Å². The van der Waals surface area contributed by atoms with Gasteiger partial charge in [-0.3, -0.25) is 9.59 Å². The molecule has 0 atom stereocenters. The molecule has 1 aliphatic carbocycles. The van der Waals surface area contributed by atoms with Crippen LogP contribution < -0.4 is 10.2 Å². The largest absolute Gasteiger partial charge is 0.349 e. The minimum absolute atomic E-state index is 0.0450. The molecule has 3 aromatic carbocycles. The summed E-state index contributed by atoms with van der Waals surface area (Å²) < 4.78 is 0. The number of nitrogens with one attached hydrogen (secondary N) is 1. The van der Waals surface area contributed by atoms with Gasteiger partial charge in [0.1, 0.15) is 0 Å². The molecule has 4 nitrogen and oxygen atoms in total. The van der Waals surface area contributed by atoms with Gasteiger partial charge in [-0.1, -0.05) is 59.8 Å². The van der Waals surface area contributed by atoms with Gasteiger partial charge in [-0.2, -0.15) is 0 Å². The van der Waals surface area contributed by atoms with Gasteiger partial charge >= 0.3 is 0 Å². The number of halogens is 1. The van der Waals surface area contributed by atoms with Gasteiger partial charge in [0.25, 0.3) is 11.8 Å². The Morgan fingerprint density at radius 1 is 1.06 bits per heavy atom. The molecule has 1 N–H and O–H groups in total. The highest BCUT2D eigenvalue weighted by atomic mass is 35.5. The van der Waals surface area contributed by atoms with E-state index >= 15 is 0 Å². The normalized spacial score (nSPS) is 16.7. The van der Waals surface area contributed by atoms with E-state index in [1.807, 2.05) is 66.7 Å². The number of carbonyl (C=O) groups excluding carboxylic acids is 2. The lowest BCUT2D eigenvalue weighted by Gasteiger charge is -2.30. The highest BCUT2D eigenvalue weighted by molar-refractivity contribution is 8.04. The van der Waals surface area contributed by atoms with E-state index in [4.69, 9.17) is 11.6 Å². The first-order valence-corrected chi connectivity index (χ1v) is 11.7. The smallest absolute Gasteiger partial charge is 0.265 e. The van der Waals surface area contributed by atoms with Crippen molar-refractivity contribution in [2.45, 2.75) is 30.3 Å². The summed E-state index contributed by atoms with van der Waals surface area (Å²) in [6, 6.07) is 23.2. The summed E-state index contributed by atoms with van der Waals surface area (Å²) in [6.07, 6.45) is 4.00. The van der Waals surface area contributed by atoms with Gasteiger partial charge in [-0.05, 0) is 66.4 Å². The van der Waals surface area contributed by atoms with E-state index in [0.717, 1.165) is 34.6 Å². The monoisotopic (exact) mass is 460 g/mol. The maximum Gasteiger partial charge on any atom is 0.265 e. The minimum Gasteiger partial charge on any atom is -0.349 e. The molecular formula is C26H21ClN2O2S. The van der Waals surface area contributed by atoms with Crippen molar-refractivity contribution in [3.63, 3.8) is 0 Å². The van der Waals surface area contributed by atoms with Gasteiger partial charge in [0, 0.05) is 21.5 Å². The second-order valence-electron chi connectivity index (χ2n) is 7.97. The lowest BCUT2D eigenvalue weighted by atomic mass is 10.1. The number of amides is 2. The zero-order valence-electron chi connectivity index (χ0n) is 17.3. The van der Waals surface area contributed by atoms with Crippen LogP contribution in [0, 0.1) is 0 Å². The number of anilines is 1. The van der Waals surface area contributed by atoms with Crippen LogP contribution in [-0.2, 0) is 11.3 Å². The van der Waals surface area contributed by atoms with Crippen molar-refractivity contribution in [3.05, 3.63) is 99.4 Å². The van der Waals surface area contributed by atoms with Gasteiger partial charge in [0.2, 0.25) is 0 Å². The van der Waals surface area contributed by atoms with Crippen molar-refractivity contribution in [3.8, 4) is 0 Å². The van der Waals surface area contributed by atoms with Crippen molar-refractivity contribution in [2.24, 2.45) is 0 Å². The summed E-state index contributed by atoms with van der Waals surface area (Å²) in [6.45, 7) is 0.439. The number of para-hydroxylation sites is 1. The quantitative estimate of drug-likeness (QED) is 0.481. The molecule has 6 heteroatoms. The number of benzene rings is 3. The SMILES string of the molecule is O=C(NC1CC1)c1ccc(C=C2Sc3ccccc3N(Cc3cccc(Cl)c3)C2=O)cc1. The number of hydrogen-bond donors (Lipinski definition) is 1. The number of hydrogen-bond acceptors (Lipinski definition) is 3. The third-order valence-corrected chi connectivity index (χ3v) is 6.76. The average Bonchev–Trinajstić information content (AvgIpc) is 3.61. The zero-order valence-corrected chi connectivity index (χ0v) is 18.8. The molecule has 0 unspecified atom stereocenters. The van der Waals surface area contributed by atoms with Crippen molar-refractivity contribution < 1.29 is 9.59 Å². The van der Waals surface area contributed by atoms with E-state index in [1.54, 1.807) is 17.0 Å². The molecule has 3 aromatic rings. The Morgan fingerprint density at radius 2 is 1.84 bits per heavy atom. The lowest BCUT2D eigenvalue weighted by Crippen LogP contribution is -2.33. The van der Waals surface area contributed by atoms with Gasteiger partial charge in [-0.15, -0.1) is 0 Å². The van der Waals surface area contributed by atoms with E-state index in [1.165, 1.54) is 11.8 Å². The molecule has 0 spiro atoms. The standard InChI is InChI=1S/C26H21ClN2O2S/c27-20-5-3-4-18(14-20)16-29-22-6-1-2-7-23(22)32-24(26(29)31)15-17-8-10-19(11-9-17)25(30)28-21-12-13-21/h1-11,14-15,21H,12-13,16H2,(H,28,30). The van der Waals surface area contributed by atoms with Crippen LogP contribution in [0.5, 0.6) is 0 Å². The van der Waals surface area contributed by atoms with Crippen LogP contribution >= 0.6 is 23.4 Å². The fourth-order valence-electron chi connectivity index (χ4n) is 3.62. The number of fused-ring (bicyclic) bond motifs is 1. The van der Waals surface area contributed by atoms with Gasteiger partial charge in [0.15, 0.2) is 0 Å². The van der Waals surface area contributed by atoms with E-state index in [0.29, 0.717) is 28.1 Å². The van der Waals surface area contributed by atoms with Gasteiger partial charge in [0.05, 0.1) is 17.1 Å². The number of rotatable bonds is 5. The summed E-state index contributed by atoms with van der Waals surface area (Å²) in [7, 11) is 0. The van der Waals surface area contributed by atoms with E-state index < -0.39 is 0 Å². The van der Waals surface area contributed by atoms with Crippen molar-refractivity contribution in [2.75, 3.05) is 4.90 Å². The Bertz CT molecular complexity index is 1220. The molecule has 0 bridgehead atoms. The highest BCUT2D eigenvalue weighted by Crippen LogP contribution is 2.42. The second kappa shape index (κ2) is 8.85. The molecule has 1 fully saturated rings. The molecule has 2 amide bonds. The molecular weight excluding hydrogens is 440 g/mol. The maximum atomic E-state index is 13.4. The summed E-state index contributed by atoms with van der Waals surface area (Å²) >= 11 is 7.62. The number of nitrogens with zero attached hydrogens (tertiary/aromatic N) is 1. The first-order valence-electron chi connectivity index (χ1n) is 10.5. The summed E-state index contributed by atoms with van der Waals surface area (Å²) in [4.78, 5) is 29.1. The van der Waals surface area contributed by atoms with Crippen molar-refractivity contribution in [1.82, 2.24) is 5.32 Å². The second-order valence-corrected chi connectivity index (χ2v) is 9.49. The van der Waals surface area contributed by atoms with Crippen LogP contribution in [-0.4, -0.2) is 17.9 Å². The molecule has 0 saturated heterocycles. The predicted octanol–water partition coefficient (Wildman–Crippen LogP) is 5.91. The Morgan fingerprint density at radius 3 is 2.59 bits per heavy atom. The molecule has 32 heavy (non-hydrogen) atoms.